The van der Waals surface area contributed by atoms with E-state index in [4.69, 9.17) is 9.47 Å². The summed E-state index contributed by atoms with van der Waals surface area (Å²) in [6.07, 6.45) is 1.43. The molecule has 1 fully saturated rings. The van der Waals surface area contributed by atoms with Gasteiger partial charge < -0.3 is 19.7 Å². The van der Waals surface area contributed by atoms with Gasteiger partial charge in [0, 0.05) is 32.9 Å². The molecule has 7 heteroatoms. The lowest BCUT2D eigenvalue weighted by Crippen LogP contribution is -2.38. The number of benzene rings is 1. The summed E-state index contributed by atoms with van der Waals surface area (Å²) >= 11 is 0. The third-order valence-corrected chi connectivity index (χ3v) is 4.23. The van der Waals surface area contributed by atoms with Crippen LogP contribution in [0, 0.1) is 5.82 Å². The first-order valence-electron chi connectivity index (χ1n) is 8.52. The molecule has 0 bridgehead atoms. The van der Waals surface area contributed by atoms with Crippen LogP contribution >= 0.6 is 0 Å². The zero-order valence-electron chi connectivity index (χ0n) is 14.7. The summed E-state index contributed by atoms with van der Waals surface area (Å²) in [5.74, 6) is 0.351. The molecule has 1 aromatic heterocycles. The van der Waals surface area contributed by atoms with Gasteiger partial charge in [0.2, 0.25) is 0 Å². The normalized spacial score (nSPS) is 17.2. The Balaban J connectivity index is 1.63. The van der Waals surface area contributed by atoms with E-state index in [1.807, 2.05) is 6.07 Å². The van der Waals surface area contributed by atoms with E-state index in [0.717, 1.165) is 11.4 Å². The van der Waals surface area contributed by atoms with E-state index >= 15 is 0 Å². The Hall–Kier alpha value is -2.51. The van der Waals surface area contributed by atoms with Crippen molar-refractivity contribution in [3.05, 3.63) is 59.5 Å². The fourth-order valence-corrected chi connectivity index (χ4v) is 2.81. The van der Waals surface area contributed by atoms with Gasteiger partial charge >= 0.3 is 0 Å². The minimum Gasteiger partial charge on any atom is -0.383 e. The number of halogens is 1. The molecule has 138 valence electrons. The van der Waals surface area contributed by atoms with Crippen LogP contribution < -0.4 is 10.2 Å². The molecule has 6 nitrogen and oxygen atoms in total. The van der Waals surface area contributed by atoms with E-state index in [0.29, 0.717) is 38.4 Å². The van der Waals surface area contributed by atoms with Crippen molar-refractivity contribution in [2.75, 3.05) is 44.9 Å². The number of rotatable bonds is 6. The monoisotopic (exact) mass is 359 g/mol. The van der Waals surface area contributed by atoms with Gasteiger partial charge in [-0.1, -0.05) is 12.1 Å². The van der Waals surface area contributed by atoms with E-state index in [1.165, 1.54) is 12.1 Å². The summed E-state index contributed by atoms with van der Waals surface area (Å²) in [7, 11) is 1.59. The van der Waals surface area contributed by atoms with Crippen molar-refractivity contribution in [3.63, 3.8) is 0 Å². The minimum atomic E-state index is -0.262. The summed E-state index contributed by atoms with van der Waals surface area (Å²) < 4.78 is 23.8. The Morgan fingerprint density at radius 2 is 2.15 bits per heavy atom. The highest BCUT2D eigenvalue weighted by Crippen LogP contribution is 2.25. The number of pyridine rings is 1. The summed E-state index contributed by atoms with van der Waals surface area (Å²) in [6.45, 7) is 2.82. The van der Waals surface area contributed by atoms with Crippen LogP contribution in [0.25, 0.3) is 0 Å². The number of carbonyl (C=O) groups excluding carboxylic acids is 1. The molecule has 0 aliphatic carbocycles. The molecule has 2 heterocycles. The van der Waals surface area contributed by atoms with Crippen LogP contribution in [-0.4, -0.2) is 50.8 Å². The number of nitrogens with zero attached hydrogens (tertiary/aromatic N) is 2. The predicted molar refractivity (Wildman–Crippen MR) is 95.8 cm³/mol. The van der Waals surface area contributed by atoms with E-state index in [1.54, 1.807) is 31.5 Å². The summed E-state index contributed by atoms with van der Waals surface area (Å²) in [6, 6.07) is 9.94. The number of morpholine rings is 1. The molecule has 1 amide bonds. The highest BCUT2D eigenvalue weighted by Gasteiger charge is 2.23. The highest BCUT2D eigenvalue weighted by atomic mass is 19.1. The maximum Gasteiger partial charge on any atom is 0.252 e. The smallest absolute Gasteiger partial charge is 0.252 e. The minimum absolute atomic E-state index is 0.136. The Morgan fingerprint density at radius 1 is 1.35 bits per heavy atom. The molecule has 1 unspecified atom stereocenters. The standard InChI is InChI=1S/C19H22FN3O3/c1-25-10-8-21-19(24)15-4-7-18(22-12-15)23-9-11-26-17(13-23)14-2-5-16(20)6-3-14/h2-7,12,17H,8-11,13H2,1H3,(H,21,24). The second-order valence-electron chi connectivity index (χ2n) is 6.01. The zero-order chi connectivity index (χ0) is 18.4. The van der Waals surface area contributed by atoms with E-state index in [9.17, 15) is 9.18 Å². The lowest BCUT2D eigenvalue weighted by Gasteiger charge is -2.34. The summed E-state index contributed by atoms with van der Waals surface area (Å²) in [5, 5.41) is 2.76. The van der Waals surface area contributed by atoms with Crippen LogP contribution in [0.1, 0.15) is 22.0 Å². The second kappa shape index (κ2) is 8.73. The number of aromatic nitrogens is 1. The van der Waals surface area contributed by atoms with Gasteiger partial charge in [-0.25, -0.2) is 9.37 Å². The number of methoxy groups -OCH3 is 1. The van der Waals surface area contributed by atoms with Gasteiger partial charge in [0.25, 0.3) is 5.91 Å². The van der Waals surface area contributed by atoms with E-state index in [-0.39, 0.29) is 17.8 Å². The molecule has 1 aliphatic rings. The summed E-state index contributed by atoms with van der Waals surface area (Å²) in [5.41, 5.74) is 1.44. The lowest BCUT2D eigenvalue weighted by molar-refractivity contribution is 0.0395. The van der Waals surface area contributed by atoms with Crippen LogP contribution in [0.4, 0.5) is 10.2 Å². The second-order valence-corrected chi connectivity index (χ2v) is 6.01. The van der Waals surface area contributed by atoms with Gasteiger partial charge in [0.1, 0.15) is 17.7 Å². The Morgan fingerprint density at radius 3 is 2.85 bits per heavy atom. The molecule has 0 radical (unpaired) electrons. The van der Waals surface area contributed by atoms with E-state index in [2.05, 4.69) is 15.2 Å². The highest BCUT2D eigenvalue weighted by molar-refractivity contribution is 5.94. The molecule has 26 heavy (non-hydrogen) atoms. The topological polar surface area (TPSA) is 63.7 Å². The number of nitrogens with one attached hydrogen (secondary N) is 1. The average molecular weight is 359 g/mol. The van der Waals surface area contributed by atoms with Crippen molar-refractivity contribution >= 4 is 11.7 Å². The van der Waals surface area contributed by atoms with Gasteiger partial charge in [-0.3, -0.25) is 4.79 Å². The molecule has 1 N–H and O–H groups in total. The molecule has 1 atom stereocenters. The molecular weight excluding hydrogens is 337 g/mol. The predicted octanol–water partition coefficient (Wildman–Crippen LogP) is 2.17. The molecule has 0 saturated carbocycles. The summed E-state index contributed by atoms with van der Waals surface area (Å²) in [4.78, 5) is 18.5. The van der Waals surface area contributed by atoms with Crippen LogP contribution in [0.3, 0.4) is 0 Å². The number of ether oxygens (including phenoxy) is 2. The third kappa shape index (κ3) is 4.56. The molecule has 1 aliphatic heterocycles. The Labute approximate surface area is 151 Å². The number of anilines is 1. The van der Waals surface area contributed by atoms with Gasteiger partial charge in [-0.05, 0) is 29.8 Å². The maximum atomic E-state index is 13.1. The Bertz CT molecular complexity index is 722. The quantitative estimate of drug-likeness (QED) is 0.801. The molecule has 3 rings (SSSR count). The number of hydrogen-bond acceptors (Lipinski definition) is 5. The largest absolute Gasteiger partial charge is 0.383 e. The van der Waals surface area contributed by atoms with Crippen LogP contribution in [-0.2, 0) is 9.47 Å². The van der Waals surface area contributed by atoms with Crippen molar-refractivity contribution in [1.82, 2.24) is 10.3 Å². The average Bonchev–Trinajstić information content (AvgIpc) is 2.69. The first-order chi connectivity index (χ1) is 12.7. The fraction of sp³-hybridized carbons (Fsp3) is 0.368. The molecular formula is C19H22FN3O3. The lowest BCUT2D eigenvalue weighted by atomic mass is 10.1. The van der Waals surface area contributed by atoms with Gasteiger partial charge in [-0.15, -0.1) is 0 Å². The maximum absolute atomic E-state index is 13.1. The number of hydrogen-bond donors (Lipinski definition) is 1. The number of carbonyl (C=O) groups is 1. The van der Waals surface area contributed by atoms with Crippen molar-refractivity contribution in [3.8, 4) is 0 Å². The van der Waals surface area contributed by atoms with E-state index < -0.39 is 0 Å². The van der Waals surface area contributed by atoms with Gasteiger partial charge in [0.05, 0.1) is 18.8 Å². The van der Waals surface area contributed by atoms with Crippen LogP contribution in [0.5, 0.6) is 0 Å². The van der Waals surface area contributed by atoms with Crippen LogP contribution in [0.2, 0.25) is 0 Å². The van der Waals surface area contributed by atoms with Crippen molar-refractivity contribution in [2.24, 2.45) is 0 Å². The van der Waals surface area contributed by atoms with Gasteiger partial charge in [0.15, 0.2) is 0 Å². The third-order valence-electron chi connectivity index (χ3n) is 4.23. The number of amides is 1. The molecule has 0 spiro atoms. The molecule has 2 aromatic rings. The van der Waals surface area contributed by atoms with Crippen molar-refractivity contribution < 1.29 is 18.7 Å². The molecule has 1 aromatic carbocycles. The Kier molecular flexibility index (Phi) is 6.14. The fourth-order valence-electron chi connectivity index (χ4n) is 2.81. The first kappa shape index (κ1) is 18.3. The SMILES string of the molecule is COCCNC(=O)c1ccc(N2CCOC(c3ccc(F)cc3)C2)nc1. The van der Waals surface area contributed by atoms with Crippen molar-refractivity contribution in [1.29, 1.82) is 0 Å². The van der Waals surface area contributed by atoms with Crippen LogP contribution in [0.15, 0.2) is 42.6 Å². The first-order valence-corrected chi connectivity index (χ1v) is 8.52. The van der Waals surface area contributed by atoms with Crippen molar-refractivity contribution in [2.45, 2.75) is 6.10 Å². The molecule has 1 saturated heterocycles. The zero-order valence-corrected chi connectivity index (χ0v) is 14.7. The van der Waals surface area contributed by atoms with Gasteiger partial charge in [-0.2, -0.15) is 0 Å².